The van der Waals surface area contributed by atoms with Gasteiger partial charge in [0.1, 0.15) is 5.82 Å². The van der Waals surface area contributed by atoms with Gasteiger partial charge >= 0.3 is 11.9 Å². The summed E-state index contributed by atoms with van der Waals surface area (Å²) in [5.41, 5.74) is 1.19. The van der Waals surface area contributed by atoms with Crippen LogP contribution in [-0.2, 0) is 14.4 Å². The first-order chi connectivity index (χ1) is 11.5. The lowest BCUT2D eigenvalue weighted by atomic mass is 9.92. The zero-order valence-corrected chi connectivity index (χ0v) is 12.6. The Kier molecular flexibility index (Phi) is 4.57. The van der Waals surface area contributed by atoms with Gasteiger partial charge in [-0.25, -0.2) is 14.0 Å². The number of carbonyl (C=O) groups is 2. The summed E-state index contributed by atoms with van der Waals surface area (Å²) in [6, 6.07) is 4.33. The van der Waals surface area contributed by atoms with Crippen molar-refractivity contribution in [2.24, 2.45) is 0 Å². The minimum Gasteiger partial charge on any atom is -0.478 e. The van der Waals surface area contributed by atoms with Crippen LogP contribution in [0.2, 0.25) is 0 Å². The van der Waals surface area contributed by atoms with E-state index >= 15 is 0 Å². The number of aromatic nitrogens is 1. The number of carbonyl (C=O) groups excluding carboxylic acids is 1. The number of hydrogen-bond donors (Lipinski definition) is 1. The standard InChI is InChI=1S/C16H15FN2O5/c17-11-1-2-12-13(9-11)23-18-16(12)10-5-7-19(8-6-10)24-15(22)4-3-14(20)21/h1-4,9-10H,5-8H2,(H,20,21)/b4-3+. The number of piperidine rings is 1. The summed E-state index contributed by atoms with van der Waals surface area (Å²) in [7, 11) is 0. The number of nitrogens with zero attached hydrogens (tertiary/aromatic N) is 2. The van der Waals surface area contributed by atoms with E-state index in [4.69, 9.17) is 14.5 Å². The molecule has 1 aliphatic heterocycles. The average molecular weight is 334 g/mol. The van der Waals surface area contributed by atoms with Crippen LogP contribution in [0.15, 0.2) is 34.9 Å². The van der Waals surface area contributed by atoms with Crippen LogP contribution in [0, 0.1) is 5.82 Å². The Labute approximate surface area is 136 Å². The van der Waals surface area contributed by atoms with Gasteiger partial charge in [0.05, 0.1) is 5.69 Å². The number of hydroxylamine groups is 2. The molecule has 24 heavy (non-hydrogen) atoms. The van der Waals surface area contributed by atoms with E-state index in [1.807, 2.05) is 0 Å². The Hall–Kier alpha value is -2.74. The minimum atomic E-state index is -1.21. The van der Waals surface area contributed by atoms with E-state index in [1.165, 1.54) is 17.2 Å². The fourth-order valence-corrected chi connectivity index (χ4v) is 2.74. The zero-order chi connectivity index (χ0) is 17.1. The highest BCUT2D eigenvalue weighted by atomic mass is 19.1. The lowest BCUT2D eigenvalue weighted by Gasteiger charge is -2.29. The van der Waals surface area contributed by atoms with Crippen molar-refractivity contribution in [1.29, 1.82) is 0 Å². The molecule has 8 heteroatoms. The van der Waals surface area contributed by atoms with Gasteiger partial charge in [-0.2, -0.15) is 0 Å². The third kappa shape index (κ3) is 3.60. The second kappa shape index (κ2) is 6.79. The van der Waals surface area contributed by atoms with Gasteiger partial charge in [-0.15, -0.1) is 5.06 Å². The molecule has 0 atom stereocenters. The summed E-state index contributed by atoms with van der Waals surface area (Å²) in [5, 5.41) is 14.8. The van der Waals surface area contributed by atoms with Crippen LogP contribution in [-0.4, -0.2) is 40.4 Å². The molecule has 1 saturated heterocycles. The van der Waals surface area contributed by atoms with Gasteiger partial charge in [0.25, 0.3) is 0 Å². The van der Waals surface area contributed by atoms with Crippen molar-refractivity contribution < 1.29 is 28.4 Å². The monoisotopic (exact) mass is 334 g/mol. The molecule has 1 fully saturated rings. The Morgan fingerprint density at radius 2 is 2.08 bits per heavy atom. The third-order valence-electron chi connectivity index (χ3n) is 3.88. The molecule has 1 N–H and O–H groups in total. The van der Waals surface area contributed by atoms with Gasteiger partial charge in [0, 0.05) is 42.6 Å². The summed E-state index contributed by atoms with van der Waals surface area (Å²) in [6.07, 6.45) is 2.98. The van der Waals surface area contributed by atoms with E-state index in [1.54, 1.807) is 6.07 Å². The quantitative estimate of drug-likeness (QED) is 0.857. The molecule has 0 saturated carbocycles. The Morgan fingerprint density at radius 1 is 1.33 bits per heavy atom. The molecule has 2 aromatic rings. The van der Waals surface area contributed by atoms with Gasteiger partial charge in [0.2, 0.25) is 0 Å². The maximum Gasteiger partial charge on any atom is 0.349 e. The lowest BCUT2D eigenvalue weighted by Crippen LogP contribution is -2.34. The van der Waals surface area contributed by atoms with Gasteiger partial charge in [-0.1, -0.05) is 5.16 Å². The van der Waals surface area contributed by atoms with E-state index in [2.05, 4.69) is 5.16 Å². The van der Waals surface area contributed by atoms with Crippen LogP contribution >= 0.6 is 0 Å². The number of fused-ring (bicyclic) bond motifs is 1. The molecular formula is C16H15FN2O5. The van der Waals surface area contributed by atoms with Crippen LogP contribution in [0.3, 0.4) is 0 Å². The number of halogens is 1. The van der Waals surface area contributed by atoms with Gasteiger partial charge in [-0.05, 0) is 25.0 Å². The van der Waals surface area contributed by atoms with Crippen LogP contribution in [0.4, 0.5) is 4.39 Å². The minimum absolute atomic E-state index is 0.126. The molecule has 0 bridgehead atoms. The summed E-state index contributed by atoms with van der Waals surface area (Å²) < 4.78 is 18.4. The van der Waals surface area contributed by atoms with Crippen LogP contribution < -0.4 is 0 Å². The number of rotatable bonds is 4. The smallest absolute Gasteiger partial charge is 0.349 e. The molecule has 7 nitrogen and oxygen atoms in total. The summed E-state index contributed by atoms with van der Waals surface area (Å²) in [5.74, 6) is -2.18. The highest BCUT2D eigenvalue weighted by molar-refractivity contribution is 5.90. The SMILES string of the molecule is O=C(O)/C=C/C(=O)ON1CCC(c2noc3cc(F)ccc23)CC1. The lowest BCUT2D eigenvalue weighted by molar-refractivity contribution is -0.189. The number of aliphatic carboxylic acids is 1. The van der Waals surface area contributed by atoms with Crippen molar-refractivity contribution in [2.75, 3.05) is 13.1 Å². The van der Waals surface area contributed by atoms with Crippen molar-refractivity contribution in [3.05, 3.63) is 41.9 Å². The Balaban J connectivity index is 1.60. The summed E-state index contributed by atoms with van der Waals surface area (Å²) in [6.45, 7) is 0.986. The van der Waals surface area contributed by atoms with E-state index < -0.39 is 11.9 Å². The highest BCUT2D eigenvalue weighted by Crippen LogP contribution is 2.32. The first-order valence-corrected chi connectivity index (χ1v) is 7.45. The molecule has 0 amide bonds. The van der Waals surface area contributed by atoms with Crippen LogP contribution in [0.5, 0.6) is 0 Å². The number of carboxylic acids is 1. The summed E-state index contributed by atoms with van der Waals surface area (Å²) in [4.78, 5) is 26.9. The molecule has 0 spiro atoms. The molecule has 0 radical (unpaired) electrons. The topological polar surface area (TPSA) is 92.9 Å². The van der Waals surface area contributed by atoms with Gasteiger partial charge in [0.15, 0.2) is 5.58 Å². The largest absolute Gasteiger partial charge is 0.478 e. The first kappa shape index (κ1) is 16.1. The maximum atomic E-state index is 13.2. The zero-order valence-electron chi connectivity index (χ0n) is 12.6. The second-order valence-electron chi connectivity index (χ2n) is 5.49. The number of carboxylic acid groups (broad SMARTS) is 1. The number of hydrogen-bond acceptors (Lipinski definition) is 6. The molecule has 1 aromatic carbocycles. The molecule has 126 valence electrons. The van der Waals surface area contributed by atoms with E-state index in [0.717, 1.165) is 23.2 Å². The van der Waals surface area contributed by atoms with E-state index in [0.29, 0.717) is 31.5 Å². The fraction of sp³-hybridized carbons (Fsp3) is 0.312. The Morgan fingerprint density at radius 3 is 2.79 bits per heavy atom. The van der Waals surface area contributed by atoms with E-state index in [-0.39, 0.29) is 11.7 Å². The predicted molar refractivity (Wildman–Crippen MR) is 80.4 cm³/mol. The summed E-state index contributed by atoms with van der Waals surface area (Å²) >= 11 is 0. The molecular weight excluding hydrogens is 319 g/mol. The van der Waals surface area contributed by atoms with Crippen molar-refractivity contribution in [3.8, 4) is 0 Å². The average Bonchev–Trinajstić information content (AvgIpc) is 2.96. The Bertz CT molecular complexity index is 793. The highest BCUT2D eigenvalue weighted by Gasteiger charge is 2.26. The van der Waals surface area contributed by atoms with Gasteiger partial charge < -0.3 is 14.5 Å². The van der Waals surface area contributed by atoms with Crippen LogP contribution in [0.25, 0.3) is 11.0 Å². The van der Waals surface area contributed by atoms with Crippen molar-refractivity contribution in [1.82, 2.24) is 10.2 Å². The van der Waals surface area contributed by atoms with Crippen molar-refractivity contribution in [2.45, 2.75) is 18.8 Å². The molecule has 2 heterocycles. The van der Waals surface area contributed by atoms with Crippen molar-refractivity contribution >= 4 is 22.9 Å². The van der Waals surface area contributed by atoms with Crippen molar-refractivity contribution in [3.63, 3.8) is 0 Å². The number of benzene rings is 1. The van der Waals surface area contributed by atoms with Gasteiger partial charge in [-0.3, -0.25) is 0 Å². The molecule has 0 unspecified atom stereocenters. The molecule has 1 aliphatic rings. The molecule has 0 aliphatic carbocycles. The van der Waals surface area contributed by atoms with E-state index in [9.17, 15) is 14.0 Å². The molecule has 3 rings (SSSR count). The first-order valence-electron chi connectivity index (χ1n) is 7.45. The normalized spacial score (nSPS) is 16.7. The van der Waals surface area contributed by atoms with Crippen LogP contribution in [0.1, 0.15) is 24.5 Å². The maximum absolute atomic E-state index is 13.2. The fourth-order valence-electron chi connectivity index (χ4n) is 2.74. The molecule has 1 aromatic heterocycles. The second-order valence-corrected chi connectivity index (χ2v) is 5.49. The predicted octanol–water partition coefficient (Wildman–Crippen LogP) is 2.25. The third-order valence-corrected chi connectivity index (χ3v) is 3.88.